The van der Waals surface area contributed by atoms with Crippen molar-refractivity contribution < 1.29 is 15.0 Å². The number of β-amino-alcohol motifs (C(OH)–C–C–N with tert-alkyl or cyclic N) is 1. The summed E-state index contributed by atoms with van der Waals surface area (Å²) in [5.74, 6) is 0. The first-order chi connectivity index (χ1) is 8.87. The van der Waals surface area contributed by atoms with Crippen LogP contribution in [0.4, 0.5) is 10.5 Å². The van der Waals surface area contributed by atoms with Gasteiger partial charge in [-0.25, -0.2) is 4.79 Å². The lowest BCUT2D eigenvalue weighted by atomic mass is 10.1. The molecule has 0 aliphatic carbocycles. The van der Waals surface area contributed by atoms with Gasteiger partial charge in [0.25, 0.3) is 0 Å². The molecule has 2 atom stereocenters. The van der Waals surface area contributed by atoms with E-state index in [4.69, 9.17) is 0 Å². The molecule has 1 aromatic rings. The van der Waals surface area contributed by atoms with Crippen LogP contribution in [-0.2, 0) is 0 Å². The summed E-state index contributed by atoms with van der Waals surface area (Å²) >= 11 is 0. The first-order valence-corrected chi connectivity index (χ1v) is 6.44. The Kier molecular flexibility index (Phi) is 3.78. The third-order valence-corrected chi connectivity index (χ3v) is 3.36. The Bertz CT molecular complexity index is 472. The van der Waals surface area contributed by atoms with Gasteiger partial charge in [-0.05, 0) is 38.0 Å². The molecule has 2 amide bonds. The first kappa shape index (κ1) is 13.8. The predicted molar refractivity (Wildman–Crippen MR) is 72.9 cm³/mol. The van der Waals surface area contributed by atoms with E-state index >= 15 is 0 Å². The van der Waals surface area contributed by atoms with E-state index < -0.39 is 11.7 Å². The SMILES string of the molecule is CC(O)c1cccc(NC(=O)N2CCC(C)(O)C2)c1. The number of nitrogens with zero attached hydrogens (tertiary/aromatic N) is 1. The van der Waals surface area contributed by atoms with Crippen molar-refractivity contribution in [2.24, 2.45) is 0 Å². The number of benzene rings is 1. The van der Waals surface area contributed by atoms with E-state index in [1.165, 1.54) is 0 Å². The highest BCUT2D eigenvalue weighted by Crippen LogP contribution is 2.22. The maximum absolute atomic E-state index is 12.0. The number of amides is 2. The summed E-state index contributed by atoms with van der Waals surface area (Å²) in [6.07, 6.45) is 0.0260. The topological polar surface area (TPSA) is 72.8 Å². The average Bonchev–Trinajstić information content (AvgIpc) is 2.70. The quantitative estimate of drug-likeness (QED) is 0.761. The van der Waals surface area contributed by atoms with Gasteiger partial charge in [-0.1, -0.05) is 12.1 Å². The highest BCUT2D eigenvalue weighted by atomic mass is 16.3. The predicted octanol–water partition coefficient (Wildman–Crippen LogP) is 1.73. The van der Waals surface area contributed by atoms with Gasteiger partial charge in [0.2, 0.25) is 0 Å². The third-order valence-electron chi connectivity index (χ3n) is 3.36. The number of rotatable bonds is 2. The molecule has 0 spiro atoms. The number of anilines is 1. The van der Waals surface area contributed by atoms with E-state index in [1.54, 1.807) is 43.0 Å². The number of carbonyl (C=O) groups is 1. The largest absolute Gasteiger partial charge is 0.389 e. The molecule has 104 valence electrons. The number of aliphatic hydroxyl groups is 2. The summed E-state index contributed by atoms with van der Waals surface area (Å²) in [5, 5.41) is 22.1. The van der Waals surface area contributed by atoms with Crippen molar-refractivity contribution in [2.45, 2.75) is 32.0 Å². The van der Waals surface area contributed by atoms with Crippen molar-refractivity contribution in [3.8, 4) is 0 Å². The molecule has 0 aromatic heterocycles. The Hall–Kier alpha value is -1.59. The third kappa shape index (κ3) is 3.45. The van der Waals surface area contributed by atoms with Gasteiger partial charge in [0.15, 0.2) is 0 Å². The molecule has 1 fully saturated rings. The van der Waals surface area contributed by atoms with Gasteiger partial charge in [-0.15, -0.1) is 0 Å². The number of nitrogens with one attached hydrogen (secondary N) is 1. The number of hydrogen-bond donors (Lipinski definition) is 3. The maximum Gasteiger partial charge on any atom is 0.321 e. The van der Waals surface area contributed by atoms with Crippen molar-refractivity contribution in [1.82, 2.24) is 4.90 Å². The summed E-state index contributed by atoms with van der Waals surface area (Å²) in [4.78, 5) is 13.6. The fourth-order valence-electron chi connectivity index (χ4n) is 2.20. The molecule has 1 aromatic carbocycles. The Balaban J connectivity index is 2.01. The van der Waals surface area contributed by atoms with Crippen LogP contribution in [0.25, 0.3) is 0 Å². The Morgan fingerprint density at radius 3 is 2.84 bits per heavy atom. The lowest BCUT2D eigenvalue weighted by Gasteiger charge is -2.19. The number of aliphatic hydroxyl groups excluding tert-OH is 1. The molecule has 1 heterocycles. The smallest absolute Gasteiger partial charge is 0.321 e. The number of likely N-dealkylation sites (tertiary alicyclic amines) is 1. The monoisotopic (exact) mass is 264 g/mol. The number of hydrogen-bond acceptors (Lipinski definition) is 3. The maximum atomic E-state index is 12.0. The van der Waals surface area contributed by atoms with Crippen LogP contribution in [0.15, 0.2) is 24.3 Å². The van der Waals surface area contributed by atoms with Crippen LogP contribution in [0.1, 0.15) is 31.9 Å². The fraction of sp³-hybridized carbons (Fsp3) is 0.500. The minimum absolute atomic E-state index is 0.222. The van der Waals surface area contributed by atoms with E-state index in [9.17, 15) is 15.0 Å². The molecule has 2 unspecified atom stereocenters. The van der Waals surface area contributed by atoms with Crippen molar-refractivity contribution in [3.05, 3.63) is 29.8 Å². The Labute approximate surface area is 112 Å². The number of carbonyl (C=O) groups excluding carboxylic acids is 1. The van der Waals surface area contributed by atoms with Crippen LogP contribution in [0.2, 0.25) is 0 Å². The average molecular weight is 264 g/mol. The first-order valence-electron chi connectivity index (χ1n) is 6.44. The standard InChI is InChI=1S/C14H20N2O3/c1-10(17)11-4-3-5-12(8-11)15-13(18)16-7-6-14(2,19)9-16/h3-5,8,10,17,19H,6-7,9H2,1-2H3,(H,15,18). The van der Waals surface area contributed by atoms with Gasteiger partial charge in [0.05, 0.1) is 18.2 Å². The van der Waals surface area contributed by atoms with Crippen LogP contribution in [0.3, 0.4) is 0 Å². The Morgan fingerprint density at radius 1 is 1.53 bits per heavy atom. The molecular formula is C14H20N2O3. The van der Waals surface area contributed by atoms with Crippen LogP contribution >= 0.6 is 0 Å². The van der Waals surface area contributed by atoms with E-state index in [1.807, 2.05) is 0 Å². The van der Waals surface area contributed by atoms with Crippen molar-refractivity contribution in [3.63, 3.8) is 0 Å². The van der Waals surface area contributed by atoms with Crippen molar-refractivity contribution in [2.75, 3.05) is 18.4 Å². The van der Waals surface area contributed by atoms with Crippen LogP contribution in [-0.4, -0.2) is 39.8 Å². The molecule has 2 rings (SSSR count). The fourth-order valence-corrected chi connectivity index (χ4v) is 2.20. The molecule has 0 bridgehead atoms. The zero-order valence-corrected chi connectivity index (χ0v) is 11.3. The zero-order chi connectivity index (χ0) is 14.0. The second-order valence-corrected chi connectivity index (χ2v) is 5.40. The van der Waals surface area contributed by atoms with Crippen LogP contribution in [0.5, 0.6) is 0 Å². The van der Waals surface area contributed by atoms with E-state index in [0.29, 0.717) is 25.2 Å². The summed E-state index contributed by atoms with van der Waals surface area (Å²) in [7, 11) is 0. The van der Waals surface area contributed by atoms with Crippen LogP contribution < -0.4 is 5.32 Å². The van der Waals surface area contributed by atoms with E-state index in [-0.39, 0.29) is 6.03 Å². The van der Waals surface area contributed by atoms with Gasteiger partial charge >= 0.3 is 6.03 Å². The van der Waals surface area contributed by atoms with Crippen molar-refractivity contribution in [1.29, 1.82) is 0 Å². The summed E-state index contributed by atoms with van der Waals surface area (Å²) in [6, 6.07) is 6.90. The summed E-state index contributed by atoms with van der Waals surface area (Å²) in [6.45, 7) is 4.30. The zero-order valence-electron chi connectivity index (χ0n) is 11.3. The molecule has 1 aliphatic rings. The highest BCUT2D eigenvalue weighted by molar-refractivity contribution is 5.89. The summed E-state index contributed by atoms with van der Waals surface area (Å²) < 4.78 is 0. The highest BCUT2D eigenvalue weighted by Gasteiger charge is 2.33. The van der Waals surface area contributed by atoms with Gasteiger partial charge in [-0.3, -0.25) is 0 Å². The molecule has 0 saturated carbocycles. The van der Waals surface area contributed by atoms with E-state index in [2.05, 4.69) is 5.32 Å². The molecule has 1 aliphatic heterocycles. The second kappa shape index (κ2) is 5.19. The molecular weight excluding hydrogens is 244 g/mol. The van der Waals surface area contributed by atoms with Gasteiger partial charge < -0.3 is 20.4 Å². The van der Waals surface area contributed by atoms with Gasteiger partial charge in [0.1, 0.15) is 0 Å². The molecule has 0 radical (unpaired) electrons. The molecule has 3 N–H and O–H groups in total. The summed E-state index contributed by atoms with van der Waals surface area (Å²) in [5.41, 5.74) is 0.611. The van der Waals surface area contributed by atoms with Crippen molar-refractivity contribution >= 4 is 11.7 Å². The lowest BCUT2D eigenvalue weighted by Crippen LogP contribution is -2.36. The Morgan fingerprint density at radius 2 is 2.26 bits per heavy atom. The van der Waals surface area contributed by atoms with Crippen LogP contribution in [0, 0.1) is 0 Å². The van der Waals surface area contributed by atoms with E-state index in [0.717, 1.165) is 5.56 Å². The van der Waals surface area contributed by atoms with Gasteiger partial charge in [-0.2, -0.15) is 0 Å². The minimum Gasteiger partial charge on any atom is -0.389 e. The molecule has 5 heteroatoms. The lowest BCUT2D eigenvalue weighted by molar-refractivity contribution is 0.0727. The number of urea groups is 1. The second-order valence-electron chi connectivity index (χ2n) is 5.40. The molecule has 5 nitrogen and oxygen atoms in total. The molecule has 1 saturated heterocycles. The minimum atomic E-state index is -0.793. The molecule has 19 heavy (non-hydrogen) atoms. The van der Waals surface area contributed by atoms with Gasteiger partial charge in [0, 0.05) is 12.2 Å². The normalized spacial score (nSPS) is 24.3.